The van der Waals surface area contributed by atoms with Gasteiger partial charge in [-0.15, -0.1) is 0 Å². The van der Waals surface area contributed by atoms with Crippen LogP contribution < -0.4 is 4.74 Å². The van der Waals surface area contributed by atoms with E-state index in [4.69, 9.17) is 9.84 Å². The van der Waals surface area contributed by atoms with Crippen molar-refractivity contribution in [1.82, 2.24) is 0 Å². The molecule has 14 heavy (non-hydrogen) atoms. The fourth-order valence-electron chi connectivity index (χ4n) is 1.50. The van der Waals surface area contributed by atoms with E-state index in [0.29, 0.717) is 6.61 Å². The predicted molar refractivity (Wildman–Crippen MR) is 57.8 cm³/mol. The van der Waals surface area contributed by atoms with Crippen LogP contribution in [-0.4, -0.2) is 18.3 Å². The second-order valence-corrected chi connectivity index (χ2v) is 3.54. The lowest BCUT2D eigenvalue weighted by atomic mass is 9.97. The highest BCUT2D eigenvalue weighted by Gasteiger charge is 2.08. The lowest BCUT2D eigenvalue weighted by Gasteiger charge is -2.13. The third-order valence-electron chi connectivity index (χ3n) is 2.37. The minimum atomic E-state index is 0.176. The van der Waals surface area contributed by atoms with E-state index < -0.39 is 0 Å². The van der Waals surface area contributed by atoms with Crippen molar-refractivity contribution >= 4 is 0 Å². The summed E-state index contributed by atoms with van der Waals surface area (Å²) >= 11 is 0. The monoisotopic (exact) mass is 194 g/mol. The highest BCUT2D eigenvalue weighted by molar-refractivity contribution is 5.37. The molecule has 0 fully saturated rings. The van der Waals surface area contributed by atoms with Gasteiger partial charge in [0.25, 0.3) is 0 Å². The van der Waals surface area contributed by atoms with Gasteiger partial charge in [-0.1, -0.05) is 13.0 Å². The van der Waals surface area contributed by atoms with Gasteiger partial charge >= 0.3 is 0 Å². The van der Waals surface area contributed by atoms with Crippen LogP contribution in [0, 0.1) is 6.92 Å². The Morgan fingerprint density at radius 3 is 2.71 bits per heavy atom. The van der Waals surface area contributed by atoms with Crippen molar-refractivity contribution in [3.63, 3.8) is 0 Å². The molecule has 0 radical (unpaired) electrons. The molecule has 1 N–H and O–H groups in total. The van der Waals surface area contributed by atoms with Gasteiger partial charge in [-0.05, 0) is 37.1 Å². The van der Waals surface area contributed by atoms with Crippen molar-refractivity contribution in [2.45, 2.75) is 26.7 Å². The summed E-state index contributed by atoms with van der Waals surface area (Å²) in [6, 6.07) is 6.01. The molecule has 0 aromatic heterocycles. The summed E-state index contributed by atoms with van der Waals surface area (Å²) in [5, 5.41) is 9.09. The second-order valence-electron chi connectivity index (χ2n) is 3.54. The van der Waals surface area contributed by atoms with Crippen LogP contribution in [-0.2, 0) is 0 Å². The van der Waals surface area contributed by atoms with Gasteiger partial charge in [0.1, 0.15) is 5.75 Å². The van der Waals surface area contributed by atoms with Crippen LogP contribution in [0.1, 0.15) is 30.9 Å². The molecule has 0 saturated carbocycles. The maximum atomic E-state index is 9.09. The van der Waals surface area contributed by atoms with Crippen LogP contribution in [0.3, 0.4) is 0 Å². The first-order valence-electron chi connectivity index (χ1n) is 5.03. The third kappa shape index (κ3) is 2.48. The first kappa shape index (κ1) is 11.1. The van der Waals surface area contributed by atoms with E-state index in [9.17, 15) is 0 Å². The number of rotatable bonds is 4. The molecule has 0 aliphatic rings. The van der Waals surface area contributed by atoms with Gasteiger partial charge in [0.2, 0.25) is 0 Å². The molecule has 0 bridgehead atoms. The van der Waals surface area contributed by atoms with Gasteiger partial charge < -0.3 is 9.84 Å². The van der Waals surface area contributed by atoms with Gasteiger partial charge in [-0.25, -0.2) is 0 Å². The predicted octanol–water partition coefficient (Wildman–Crippen LogP) is 2.49. The number of benzene rings is 1. The molecule has 0 aliphatic heterocycles. The molecule has 1 rings (SSSR count). The van der Waals surface area contributed by atoms with E-state index in [0.717, 1.165) is 5.75 Å². The Hall–Kier alpha value is -1.02. The van der Waals surface area contributed by atoms with Crippen molar-refractivity contribution in [3.05, 3.63) is 29.3 Å². The zero-order valence-electron chi connectivity index (χ0n) is 9.08. The normalized spacial score (nSPS) is 12.6. The largest absolute Gasteiger partial charge is 0.494 e. The molecule has 0 heterocycles. The summed E-state index contributed by atoms with van der Waals surface area (Å²) in [5.41, 5.74) is 2.37. The Labute approximate surface area is 85.5 Å². The van der Waals surface area contributed by atoms with Gasteiger partial charge in [-0.2, -0.15) is 0 Å². The van der Waals surface area contributed by atoms with Crippen molar-refractivity contribution in [2.24, 2.45) is 0 Å². The molecular formula is C12H18O2. The lowest BCUT2D eigenvalue weighted by Crippen LogP contribution is -2.02. The van der Waals surface area contributed by atoms with Crippen LogP contribution in [0.2, 0.25) is 0 Å². The number of hydrogen-bond acceptors (Lipinski definition) is 2. The Bertz CT molecular complexity index is 294. The maximum Gasteiger partial charge on any atom is 0.119 e. The molecule has 0 spiro atoms. The van der Waals surface area contributed by atoms with Gasteiger partial charge in [0, 0.05) is 12.5 Å². The quantitative estimate of drug-likeness (QED) is 0.798. The van der Waals surface area contributed by atoms with E-state index in [2.05, 4.69) is 6.92 Å². The van der Waals surface area contributed by atoms with E-state index in [1.54, 1.807) is 0 Å². The van der Waals surface area contributed by atoms with E-state index in [-0.39, 0.29) is 12.5 Å². The molecule has 1 aromatic carbocycles. The summed E-state index contributed by atoms with van der Waals surface area (Å²) < 4.78 is 5.41. The van der Waals surface area contributed by atoms with Crippen LogP contribution >= 0.6 is 0 Å². The van der Waals surface area contributed by atoms with E-state index in [1.165, 1.54) is 11.1 Å². The molecule has 0 saturated heterocycles. The topological polar surface area (TPSA) is 29.5 Å². The smallest absolute Gasteiger partial charge is 0.119 e. The first-order valence-corrected chi connectivity index (χ1v) is 5.03. The summed E-state index contributed by atoms with van der Waals surface area (Å²) in [4.78, 5) is 0. The molecule has 2 nitrogen and oxygen atoms in total. The number of aliphatic hydroxyl groups is 1. The average molecular weight is 194 g/mol. The van der Waals surface area contributed by atoms with Gasteiger partial charge in [0.15, 0.2) is 0 Å². The SMILES string of the molecule is CCOc1ccc(C)c(C(C)CO)c1. The minimum Gasteiger partial charge on any atom is -0.494 e. The average Bonchev–Trinajstić information content (AvgIpc) is 2.20. The van der Waals surface area contributed by atoms with Crippen molar-refractivity contribution in [3.8, 4) is 5.75 Å². The lowest BCUT2D eigenvalue weighted by molar-refractivity contribution is 0.272. The van der Waals surface area contributed by atoms with Crippen LogP contribution in [0.15, 0.2) is 18.2 Å². The molecule has 0 amide bonds. The molecule has 1 atom stereocenters. The summed E-state index contributed by atoms with van der Waals surface area (Å²) in [5.74, 6) is 1.06. The van der Waals surface area contributed by atoms with E-state index >= 15 is 0 Å². The summed E-state index contributed by atoms with van der Waals surface area (Å²) in [7, 11) is 0. The number of ether oxygens (including phenoxy) is 1. The Kier molecular flexibility index (Phi) is 3.96. The number of hydrogen-bond donors (Lipinski definition) is 1. The van der Waals surface area contributed by atoms with Crippen molar-refractivity contribution in [1.29, 1.82) is 0 Å². The maximum absolute atomic E-state index is 9.09. The Morgan fingerprint density at radius 1 is 1.43 bits per heavy atom. The molecule has 0 aliphatic carbocycles. The van der Waals surface area contributed by atoms with Crippen LogP contribution in [0.4, 0.5) is 0 Å². The molecular weight excluding hydrogens is 176 g/mol. The van der Waals surface area contributed by atoms with Crippen molar-refractivity contribution < 1.29 is 9.84 Å². The molecule has 78 valence electrons. The molecule has 1 unspecified atom stereocenters. The van der Waals surface area contributed by atoms with Gasteiger partial charge in [0.05, 0.1) is 6.61 Å². The standard InChI is InChI=1S/C12H18O2/c1-4-14-11-6-5-9(2)12(7-11)10(3)8-13/h5-7,10,13H,4,8H2,1-3H3. The summed E-state index contributed by atoms with van der Waals surface area (Å²) in [6.07, 6.45) is 0. The number of aryl methyl sites for hydroxylation is 1. The highest BCUT2D eigenvalue weighted by atomic mass is 16.5. The highest BCUT2D eigenvalue weighted by Crippen LogP contribution is 2.24. The fourth-order valence-corrected chi connectivity index (χ4v) is 1.50. The van der Waals surface area contributed by atoms with Crippen molar-refractivity contribution in [2.75, 3.05) is 13.2 Å². The fraction of sp³-hybridized carbons (Fsp3) is 0.500. The second kappa shape index (κ2) is 5.01. The minimum absolute atomic E-state index is 0.176. The van der Waals surface area contributed by atoms with Crippen LogP contribution in [0.5, 0.6) is 5.75 Å². The molecule has 2 heteroatoms. The van der Waals surface area contributed by atoms with E-state index in [1.807, 2.05) is 32.0 Å². The third-order valence-corrected chi connectivity index (χ3v) is 2.37. The molecule has 1 aromatic rings. The Balaban J connectivity index is 2.95. The number of aliphatic hydroxyl groups excluding tert-OH is 1. The van der Waals surface area contributed by atoms with Crippen LogP contribution in [0.25, 0.3) is 0 Å². The zero-order valence-corrected chi connectivity index (χ0v) is 9.08. The Morgan fingerprint density at radius 2 is 2.14 bits per heavy atom. The summed E-state index contributed by atoms with van der Waals surface area (Å²) in [6.45, 7) is 6.89. The first-order chi connectivity index (χ1) is 6.69. The van der Waals surface area contributed by atoms with Gasteiger partial charge in [-0.3, -0.25) is 0 Å². The zero-order chi connectivity index (χ0) is 10.6.